The lowest BCUT2D eigenvalue weighted by Gasteiger charge is -1.83. The molecular weight excluding hydrogens is 172 g/mol. The predicted molar refractivity (Wildman–Crippen MR) is 42.3 cm³/mol. The molecule has 0 N–H and O–H groups in total. The highest BCUT2D eigenvalue weighted by molar-refractivity contribution is 7.72. The highest BCUT2D eigenvalue weighted by atomic mass is 35.5. The SMILES string of the molecule is Cl.O=[SH](=O)c1ccccc1. The highest BCUT2D eigenvalue weighted by Crippen LogP contribution is 1.97. The summed E-state index contributed by atoms with van der Waals surface area (Å²) in [5.41, 5.74) is 0. The van der Waals surface area contributed by atoms with Crippen LogP contribution in [0.4, 0.5) is 0 Å². The van der Waals surface area contributed by atoms with Crippen molar-refractivity contribution in [1.29, 1.82) is 0 Å². The van der Waals surface area contributed by atoms with Gasteiger partial charge in [-0.25, -0.2) is 8.42 Å². The number of halogens is 1. The van der Waals surface area contributed by atoms with E-state index in [2.05, 4.69) is 0 Å². The van der Waals surface area contributed by atoms with Gasteiger partial charge in [-0.3, -0.25) is 0 Å². The molecule has 0 amide bonds. The Kier molecular flexibility index (Phi) is 4.07. The minimum atomic E-state index is -2.40. The van der Waals surface area contributed by atoms with Gasteiger partial charge in [0.2, 0.25) is 0 Å². The van der Waals surface area contributed by atoms with Crippen LogP contribution in [0.2, 0.25) is 0 Å². The fourth-order valence-electron chi connectivity index (χ4n) is 0.550. The fraction of sp³-hybridized carbons (Fsp3) is 0. The molecule has 4 heteroatoms. The molecule has 0 fully saturated rings. The quantitative estimate of drug-likeness (QED) is 0.653. The number of hydrogen-bond donors (Lipinski definition) is 1. The molecule has 0 aromatic heterocycles. The minimum absolute atomic E-state index is 0. The van der Waals surface area contributed by atoms with Gasteiger partial charge in [-0.2, -0.15) is 0 Å². The number of hydrogen-bond acceptors (Lipinski definition) is 2. The van der Waals surface area contributed by atoms with E-state index in [9.17, 15) is 8.42 Å². The Morgan fingerprint density at radius 2 is 1.50 bits per heavy atom. The summed E-state index contributed by atoms with van der Waals surface area (Å²) >= 11 is 0. The molecule has 0 atom stereocenters. The first kappa shape index (κ1) is 9.46. The van der Waals surface area contributed by atoms with Gasteiger partial charge in [-0.05, 0) is 12.1 Å². The minimum Gasteiger partial charge on any atom is -0.227 e. The van der Waals surface area contributed by atoms with Gasteiger partial charge in [0.25, 0.3) is 0 Å². The lowest BCUT2D eigenvalue weighted by Crippen LogP contribution is -1.75. The Morgan fingerprint density at radius 1 is 1.00 bits per heavy atom. The van der Waals surface area contributed by atoms with Crippen molar-refractivity contribution >= 4 is 23.1 Å². The summed E-state index contributed by atoms with van der Waals surface area (Å²) in [6, 6.07) is 8.29. The van der Waals surface area contributed by atoms with E-state index in [0.717, 1.165) is 0 Å². The molecule has 56 valence electrons. The van der Waals surface area contributed by atoms with Gasteiger partial charge in [0.1, 0.15) is 0 Å². The molecule has 10 heavy (non-hydrogen) atoms. The molecule has 0 bridgehead atoms. The van der Waals surface area contributed by atoms with Gasteiger partial charge in [0.05, 0.1) is 4.90 Å². The van der Waals surface area contributed by atoms with Crippen molar-refractivity contribution in [3.8, 4) is 0 Å². The third kappa shape index (κ3) is 2.37. The van der Waals surface area contributed by atoms with E-state index >= 15 is 0 Å². The topological polar surface area (TPSA) is 34.1 Å². The second-order valence-electron chi connectivity index (χ2n) is 1.59. The first-order valence-electron chi connectivity index (χ1n) is 2.50. The van der Waals surface area contributed by atoms with E-state index in [1.54, 1.807) is 30.3 Å². The fourth-order valence-corrected chi connectivity index (χ4v) is 0.965. The molecule has 0 aliphatic rings. The lowest BCUT2D eigenvalue weighted by atomic mass is 10.4. The summed E-state index contributed by atoms with van der Waals surface area (Å²) in [6.45, 7) is 0. The first-order chi connectivity index (χ1) is 4.30. The average molecular weight is 179 g/mol. The summed E-state index contributed by atoms with van der Waals surface area (Å²) in [5.74, 6) is 0. The second kappa shape index (κ2) is 4.30. The zero-order chi connectivity index (χ0) is 6.69. The van der Waals surface area contributed by atoms with Crippen LogP contribution in [0.5, 0.6) is 0 Å². The van der Waals surface area contributed by atoms with Crippen molar-refractivity contribution < 1.29 is 8.42 Å². The maximum absolute atomic E-state index is 10.2. The number of benzene rings is 1. The van der Waals surface area contributed by atoms with Crippen molar-refractivity contribution in [2.24, 2.45) is 0 Å². The Morgan fingerprint density at radius 3 is 1.80 bits per heavy atom. The van der Waals surface area contributed by atoms with Crippen LogP contribution in [0, 0.1) is 0 Å². The summed E-state index contributed by atoms with van der Waals surface area (Å²) in [6.07, 6.45) is 0. The van der Waals surface area contributed by atoms with Crippen LogP contribution in [-0.2, 0) is 10.7 Å². The van der Waals surface area contributed by atoms with Gasteiger partial charge >= 0.3 is 0 Å². The van der Waals surface area contributed by atoms with Crippen molar-refractivity contribution in [3.63, 3.8) is 0 Å². The maximum atomic E-state index is 10.2. The number of thiol groups is 1. The first-order valence-corrected chi connectivity index (χ1v) is 3.68. The van der Waals surface area contributed by atoms with Gasteiger partial charge in [-0.15, -0.1) is 12.4 Å². The molecular formula is C6H7ClO2S. The van der Waals surface area contributed by atoms with Crippen molar-refractivity contribution in [2.45, 2.75) is 4.90 Å². The van der Waals surface area contributed by atoms with E-state index < -0.39 is 10.7 Å². The van der Waals surface area contributed by atoms with Crippen LogP contribution >= 0.6 is 12.4 Å². The molecule has 0 aliphatic heterocycles. The smallest absolute Gasteiger partial charge is 0.168 e. The summed E-state index contributed by atoms with van der Waals surface area (Å²) in [7, 11) is -2.40. The second-order valence-corrected chi connectivity index (χ2v) is 2.62. The van der Waals surface area contributed by atoms with E-state index in [0.29, 0.717) is 4.90 Å². The third-order valence-corrected chi connectivity index (χ3v) is 1.69. The summed E-state index contributed by atoms with van der Waals surface area (Å²) in [4.78, 5) is 0.368. The Labute approximate surface area is 67.2 Å². The summed E-state index contributed by atoms with van der Waals surface area (Å²) in [5, 5.41) is 0. The van der Waals surface area contributed by atoms with Crippen LogP contribution in [0.15, 0.2) is 35.2 Å². The van der Waals surface area contributed by atoms with Crippen LogP contribution < -0.4 is 0 Å². The molecule has 0 aliphatic carbocycles. The van der Waals surface area contributed by atoms with E-state index in [1.165, 1.54) is 0 Å². The van der Waals surface area contributed by atoms with Crippen LogP contribution in [0.3, 0.4) is 0 Å². The number of rotatable bonds is 1. The molecule has 1 rings (SSSR count). The van der Waals surface area contributed by atoms with Gasteiger partial charge < -0.3 is 0 Å². The van der Waals surface area contributed by atoms with Crippen LogP contribution in [0.25, 0.3) is 0 Å². The molecule has 0 spiro atoms. The monoisotopic (exact) mass is 178 g/mol. The van der Waals surface area contributed by atoms with E-state index in [-0.39, 0.29) is 12.4 Å². The van der Waals surface area contributed by atoms with Gasteiger partial charge in [-0.1, -0.05) is 18.2 Å². The Hall–Kier alpha value is -0.540. The van der Waals surface area contributed by atoms with Gasteiger partial charge in [0, 0.05) is 0 Å². The molecule has 1 aromatic carbocycles. The largest absolute Gasteiger partial charge is 0.227 e. The van der Waals surface area contributed by atoms with Crippen LogP contribution in [-0.4, -0.2) is 8.42 Å². The van der Waals surface area contributed by atoms with Gasteiger partial charge in [0.15, 0.2) is 10.7 Å². The van der Waals surface area contributed by atoms with Crippen molar-refractivity contribution in [2.75, 3.05) is 0 Å². The predicted octanol–water partition coefficient (Wildman–Crippen LogP) is 1.08. The molecule has 0 heterocycles. The average Bonchev–Trinajstić information content (AvgIpc) is 1.90. The normalized spacial score (nSPS) is 8.90. The maximum Gasteiger partial charge on any atom is 0.168 e. The highest BCUT2D eigenvalue weighted by Gasteiger charge is 1.87. The molecule has 0 radical (unpaired) electrons. The molecule has 0 saturated carbocycles. The van der Waals surface area contributed by atoms with E-state index in [1.807, 2.05) is 0 Å². The van der Waals surface area contributed by atoms with Crippen molar-refractivity contribution in [3.05, 3.63) is 30.3 Å². The zero-order valence-electron chi connectivity index (χ0n) is 5.06. The standard InChI is InChI=1S/C6H6O2S.ClH/c7-9(8)6-4-2-1-3-5-6;/h1-5,9H;1H. The van der Waals surface area contributed by atoms with Crippen LogP contribution in [0.1, 0.15) is 0 Å². The lowest BCUT2D eigenvalue weighted by molar-refractivity contribution is 0.614. The third-order valence-electron chi connectivity index (χ3n) is 0.967. The molecule has 1 aromatic rings. The molecule has 2 nitrogen and oxygen atoms in total. The summed E-state index contributed by atoms with van der Waals surface area (Å²) < 4.78 is 20.5. The molecule has 0 saturated heterocycles. The van der Waals surface area contributed by atoms with E-state index in [4.69, 9.17) is 0 Å². The zero-order valence-corrected chi connectivity index (χ0v) is 6.77. The Bertz CT molecular complexity index is 248. The molecule has 0 unspecified atom stereocenters. The Balaban J connectivity index is 0.000000810. The van der Waals surface area contributed by atoms with Crippen molar-refractivity contribution in [1.82, 2.24) is 0 Å².